The van der Waals surface area contributed by atoms with Gasteiger partial charge in [-0.05, 0) is 24.1 Å². The minimum Gasteiger partial charge on any atom is -0.349 e. The van der Waals surface area contributed by atoms with Crippen LogP contribution in [-0.2, 0) is 6.54 Å². The van der Waals surface area contributed by atoms with E-state index in [1.807, 2.05) is 43.3 Å². The molecule has 0 amide bonds. The van der Waals surface area contributed by atoms with Crippen LogP contribution in [0.5, 0.6) is 0 Å². The predicted octanol–water partition coefficient (Wildman–Crippen LogP) is 3.47. The van der Waals surface area contributed by atoms with Gasteiger partial charge < -0.3 is 10.2 Å². The van der Waals surface area contributed by atoms with Crippen LogP contribution in [0.1, 0.15) is 11.1 Å². The van der Waals surface area contributed by atoms with Crippen molar-refractivity contribution in [1.82, 2.24) is 15.0 Å². The third-order valence-corrected chi connectivity index (χ3v) is 3.86. The minimum absolute atomic E-state index is 0.113. The SMILES string of the molecule is Cc1cccnc1Nc1ncnc(N(C)Cc2ccccc2)c1[N+](=O)[O-]. The Labute approximate surface area is 150 Å². The highest BCUT2D eigenvalue weighted by atomic mass is 16.6. The third-order valence-electron chi connectivity index (χ3n) is 3.86. The summed E-state index contributed by atoms with van der Waals surface area (Å²) in [5.41, 5.74) is 1.70. The van der Waals surface area contributed by atoms with Crippen molar-refractivity contribution >= 4 is 23.1 Å². The van der Waals surface area contributed by atoms with E-state index in [1.54, 1.807) is 24.2 Å². The Morgan fingerprint density at radius 3 is 2.54 bits per heavy atom. The van der Waals surface area contributed by atoms with E-state index >= 15 is 0 Å². The van der Waals surface area contributed by atoms with Gasteiger partial charge in [0.05, 0.1) is 4.92 Å². The van der Waals surface area contributed by atoms with E-state index in [1.165, 1.54) is 6.33 Å². The first kappa shape index (κ1) is 17.3. The fraction of sp³-hybridized carbons (Fsp3) is 0.167. The Kier molecular flexibility index (Phi) is 5.02. The number of benzene rings is 1. The Morgan fingerprint density at radius 2 is 1.85 bits per heavy atom. The maximum Gasteiger partial charge on any atom is 0.353 e. The Hall–Kier alpha value is -3.55. The highest BCUT2D eigenvalue weighted by molar-refractivity contribution is 5.74. The van der Waals surface area contributed by atoms with Gasteiger partial charge in [-0.25, -0.2) is 15.0 Å². The number of pyridine rings is 1. The molecule has 0 spiro atoms. The second kappa shape index (κ2) is 7.56. The van der Waals surface area contributed by atoms with E-state index in [-0.39, 0.29) is 17.3 Å². The number of rotatable bonds is 6. The fourth-order valence-electron chi connectivity index (χ4n) is 2.57. The van der Waals surface area contributed by atoms with Crippen LogP contribution in [0.2, 0.25) is 0 Å². The van der Waals surface area contributed by atoms with Crippen LogP contribution < -0.4 is 10.2 Å². The van der Waals surface area contributed by atoms with Crippen molar-refractivity contribution in [3.05, 3.63) is 76.2 Å². The second-order valence-corrected chi connectivity index (χ2v) is 5.79. The van der Waals surface area contributed by atoms with E-state index in [2.05, 4.69) is 20.3 Å². The number of hydrogen-bond donors (Lipinski definition) is 1. The lowest BCUT2D eigenvalue weighted by Gasteiger charge is -2.19. The summed E-state index contributed by atoms with van der Waals surface area (Å²) in [6.07, 6.45) is 2.93. The maximum absolute atomic E-state index is 11.7. The summed E-state index contributed by atoms with van der Waals surface area (Å²) in [6, 6.07) is 13.4. The van der Waals surface area contributed by atoms with Gasteiger partial charge in [-0.15, -0.1) is 0 Å². The first-order valence-corrected chi connectivity index (χ1v) is 7.99. The van der Waals surface area contributed by atoms with Gasteiger partial charge >= 0.3 is 5.69 Å². The van der Waals surface area contributed by atoms with Gasteiger partial charge in [0.2, 0.25) is 11.6 Å². The molecular weight excluding hydrogens is 332 g/mol. The molecular formula is C18H18N6O2. The van der Waals surface area contributed by atoms with Gasteiger partial charge in [-0.2, -0.15) is 0 Å². The highest BCUT2D eigenvalue weighted by Gasteiger charge is 2.26. The van der Waals surface area contributed by atoms with Crippen molar-refractivity contribution in [3.8, 4) is 0 Å². The molecule has 0 atom stereocenters. The summed E-state index contributed by atoms with van der Waals surface area (Å²) in [6.45, 7) is 2.35. The molecule has 26 heavy (non-hydrogen) atoms. The normalized spacial score (nSPS) is 10.4. The van der Waals surface area contributed by atoms with Crippen molar-refractivity contribution < 1.29 is 4.92 Å². The number of nitrogens with one attached hydrogen (secondary N) is 1. The van der Waals surface area contributed by atoms with Crippen LogP contribution in [0.15, 0.2) is 55.0 Å². The molecule has 0 aliphatic rings. The number of hydrogen-bond acceptors (Lipinski definition) is 7. The molecule has 0 aliphatic heterocycles. The van der Waals surface area contributed by atoms with Crippen molar-refractivity contribution in [2.75, 3.05) is 17.3 Å². The number of nitro groups is 1. The van der Waals surface area contributed by atoms with Gasteiger partial charge in [0.25, 0.3) is 0 Å². The summed E-state index contributed by atoms with van der Waals surface area (Å²) in [7, 11) is 1.76. The first-order chi connectivity index (χ1) is 12.6. The molecule has 3 aromatic rings. The molecule has 8 heteroatoms. The average Bonchev–Trinajstić information content (AvgIpc) is 2.64. The van der Waals surface area contributed by atoms with Crippen LogP contribution >= 0.6 is 0 Å². The molecule has 1 N–H and O–H groups in total. The molecule has 132 valence electrons. The van der Waals surface area contributed by atoms with E-state index in [0.717, 1.165) is 11.1 Å². The topological polar surface area (TPSA) is 97.1 Å². The molecule has 0 fully saturated rings. The summed E-state index contributed by atoms with van der Waals surface area (Å²) < 4.78 is 0. The highest BCUT2D eigenvalue weighted by Crippen LogP contribution is 2.33. The van der Waals surface area contributed by atoms with Crippen LogP contribution in [0.25, 0.3) is 0 Å². The summed E-state index contributed by atoms with van der Waals surface area (Å²) in [4.78, 5) is 25.4. The zero-order chi connectivity index (χ0) is 18.5. The maximum atomic E-state index is 11.7. The number of aromatic nitrogens is 3. The molecule has 2 heterocycles. The molecule has 0 saturated heterocycles. The molecule has 2 aromatic heterocycles. The zero-order valence-electron chi connectivity index (χ0n) is 14.5. The summed E-state index contributed by atoms with van der Waals surface area (Å²) >= 11 is 0. The van der Waals surface area contributed by atoms with E-state index < -0.39 is 4.92 Å². The average molecular weight is 350 g/mol. The van der Waals surface area contributed by atoms with Crippen molar-refractivity contribution in [2.24, 2.45) is 0 Å². The summed E-state index contributed by atoms with van der Waals surface area (Å²) in [5.74, 6) is 0.873. The van der Waals surface area contributed by atoms with E-state index in [9.17, 15) is 10.1 Å². The van der Waals surface area contributed by atoms with E-state index in [0.29, 0.717) is 12.4 Å². The lowest BCUT2D eigenvalue weighted by molar-refractivity contribution is -0.383. The first-order valence-electron chi connectivity index (χ1n) is 7.99. The molecule has 0 radical (unpaired) electrons. The molecule has 0 saturated carbocycles. The van der Waals surface area contributed by atoms with E-state index in [4.69, 9.17) is 0 Å². The second-order valence-electron chi connectivity index (χ2n) is 5.79. The zero-order valence-corrected chi connectivity index (χ0v) is 14.5. The molecule has 8 nitrogen and oxygen atoms in total. The minimum atomic E-state index is -0.475. The van der Waals surface area contributed by atoms with Gasteiger partial charge in [-0.1, -0.05) is 36.4 Å². The molecule has 3 rings (SSSR count). The van der Waals surface area contributed by atoms with Crippen LogP contribution in [0.4, 0.5) is 23.1 Å². The molecule has 0 bridgehead atoms. The fourth-order valence-corrected chi connectivity index (χ4v) is 2.57. The van der Waals surface area contributed by atoms with Gasteiger partial charge in [0, 0.05) is 19.8 Å². The van der Waals surface area contributed by atoms with Crippen LogP contribution in [0.3, 0.4) is 0 Å². The standard InChI is InChI=1S/C18H18N6O2/c1-13-7-6-10-19-16(13)22-17-15(24(25)26)18(21-12-20-17)23(2)11-14-8-4-3-5-9-14/h3-10,12H,11H2,1-2H3,(H,19,20,21,22). The Bertz CT molecular complexity index is 917. The van der Waals surface area contributed by atoms with Crippen LogP contribution in [0, 0.1) is 17.0 Å². The predicted molar refractivity (Wildman–Crippen MR) is 99.5 cm³/mol. The number of aryl methyl sites for hydroxylation is 1. The molecule has 0 aliphatic carbocycles. The summed E-state index contributed by atoms with van der Waals surface area (Å²) in [5, 5.41) is 14.7. The largest absolute Gasteiger partial charge is 0.353 e. The van der Waals surface area contributed by atoms with Crippen molar-refractivity contribution in [1.29, 1.82) is 0 Å². The molecule has 0 unspecified atom stereocenters. The van der Waals surface area contributed by atoms with Gasteiger partial charge in [0.15, 0.2) is 0 Å². The van der Waals surface area contributed by atoms with Crippen LogP contribution in [-0.4, -0.2) is 26.9 Å². The monoisotopic (exact) mass is 350 g/mol. The smallest absolute Gasteiger partial charge is 0.349 e. The third kappa shape index (κ3) is 3.75. The van der Waals surface area contributed by atoms with Crippen molar-refractivity contribution in [2.45, 2.75) is 13.5 Å². The van der Waals surface area contributed by atoms with Crippen molar-refractivity contribution in [3.63, 3.8) is 0 Å². The number of nitrogens with zero attached hydrogens (tertiary/aromatic N) is 5. The molecule has 1 aromatic carbocycles. The number of anilines is 3. The Balaban J connectivity index is 1.96. The van der Waals surface area contributed by atoms with Gasteiger partial charge in [-0.3, -0.25) is 10.1 Å². The van der Waals surface area contributed by atoms with Gasteiger partial charge in [0.1, 0.15) is 12.1 Å². The quantitative estimate of drug-likeness (QED) is 0.537. The Morgan fingerprint density at radius 1 is 1.08 bits per heavy atom. The lowest BCUT2D eigenvalue weighted by Crippen LogP contribution is -2.20. The lowest BCUT2D eigenvalue weighted by atomic mass is 10.2.